The second kappa shape index (κ2) is 6.83. The van der Waals surface area contributed by atoms with Crippen LogP contribution < -0.4 is 4.74 Å². The molecule has 0 bridgehead atoms. The zero-order chi connectivity index (χ0) is 17.9. The van der Waals surface area contributed by atoms with Gasteiger partial charge in [-0.3, -0.25) is 9.59 Å². The van der Waals surface area contributed by atoms with Crippen molar-refractivity contribution in [2.24, 2.45) is 0 Å². The van der Waals surface area contributed by atoms with E-state index in [0.29, 0.717) is 35.4 Å². The average Bonchev–Trinajstić information content (AvgIpc) is 3.35. The largest absolute Gasteiger partial charge is 0.484 e. The summed E-state index contributed by atoms with van der Waals surface area (Å²) in [6, 6.07) is 14.0. The number of hydrogen-bond acceptors (Lipinski definition) is 6. The summed E-state index contributed by atoms with van der Waals surface area (Å²) in [5.41, 5.74) is 1.50. The first-order chi connectivity index (χ1) is 12.7. The van der Waals surface area contributed by atoms with Crippen molar-refractivity contribution in [3.63, 3.8) is 0 Å². The van der Waals surface area contributed by atoms with Gasteiger partial charge in [-0.05, 0) is 47.1 Å². The van der Waals surface area contributed by atoms with Crippen LogP contribution in [0.4, 0.5) is 0 Å². The Kier molecular flexibility index (Phi) is 4.22. The number of fused-ring (bicyclic) bond motifs is 1. The smallest absolute Gasteiger partial charge is 0.279 e. The summed E-state index contributed by atoms with van der Waals surface area (Å²) in [7, 11) is 0. The Balaban J connectivity index is 1.46. The van der Waals surface area contributed by atoms with Crippen molar-refractivity contribution in [1.29, 1.82) is 0 Å². The number of amides is 2. The lowest BCUT2D eigenvalue weighted by atomic mass is 10.2. The SMILES string of the molecule is O=C(COc1ccccc1)N1CCCN1C(=O)c1ccc2nonc2c1. The van der Waals surface area contributed by atoms with Gasteiger partial charge in [0, 0.05) is 18.7 Å². The Morgan fingerprint density at radius 2 is 1.77 bits per heavy atom. The number of rotatable bonds is 4. The minimum absolute atomic E-state index is 0.125. The lowest BCUT2D eigenvalue weighted by molar-refractivity contribution is -0.142. The number of ether oxygens (including phenoxy) is 1. The van der Waals surface area contributed by atoms with Gasteiger partial charge in [0.2, 0.25) is 0 Å². The molecule has 132 valence electrons. The van der Waals surface area contributed by atoms with E-state index in [0.717, 1.165) is 6.42 Å². The number of benzene rings is 2. The van der Waals surface area contributed by atoms with Crippen LogP contribution in [0.2, 0.25) is 0 Å². The van der Waals surface area contributed by atoms with Crippen molar-refractivity contribution in [3.8, 4) is 5.75 Å². The molecule has 1 aliphatic rings. The molecule has 1 saturated heterocycles. The topological polar surface area (TPSA) is 88.8 Å². The van der Waals surface area contributed by atoms with Crippen molar-refractivity contribution in [2.45, 2.75) is 6.42 Å². The molecule has 0 spiro atoms. The number of carbonyl (C=O) groups is 2. The highest BCUT2D eigenvalue weighted by Crippen LogP contribution is 2.19. The van der Waals surface area contributed by atoms with Gasteiger partial charge in [-0.15, -0.1) is 0 Å². The molecule has 3 aromatic rings. The first kappa shape index (κ1) is 16.1. The maximum absolute atomic E-state index is 12.8. The zero-order valence-electron chi connectivity index (χ0n) is 13.9. The third-order valence-corrected chi connectivity index (χ3v) is 4.16. The van der Waals surface area contributed by atoms with Gasteiger partial charge >= 0.3 is 0 Å². The maximum atomic E-state index is 12.8. The van der Waals surface area contributed by atoms with Gasteiger partial charge in [-0.25, -0.2) is 14.6 Å². The van der Waals surface area contributed by atoms with E-state index in [4.69, 9.17) is 4.74 Å². The Morgan fingerprint density at radius 3 is 2.62 bits per heavy atom. The molecule has 26 heavy (non-hydrogen) atoms. The molecule has 8 nitrogen and oxygen atoms in total. The second-order valence-electron chi connectivity index (χ2n) is 5.87. The van der Waals surface area contributed by atoms with Gasteiger partial charge < -0.3 is 4.74 Å². The minimum Gasteiger partial charge on any atom is -0.484 e. The molecule has 1 aromatic heterocycles. The number of nitrogens with zero attached hydrogens (tertiary/aromatic N) is 4. The molecule has 0 aliphatic carbocycles. The van der Waals surface area contributed by atoms with Crippen LogP contribution in [0.5, 0.6) is 5.75 Å². The van der Waals surface area contributed by atoms with Gasteiger partial charge in [-0.2, -0.15) is 0 Å². The van der Waals surface area contributed by atoms with Crippen molar-refractivity contribution >= 4 is 22.8 Å². The van der Waals surface area contributed by atoms with Crippen LogP contribution in [0.1, 0.15) is 16.8 Å². The molecule has 0 N–H and O–H groups in total. The highest BCUT2D eigenvalue weighted by molar-refractivity contribution is 5.98. The Labute approximate surface area is 148 Å². The van der Waals surface area contributed by atoms with Gasteiger partial charge in [0.15, 0.2) is 6.61 Å². The summed E-state index contributed by atoms with van der Waals surface area (Å²) in [5.74, 6) is 0.0891. The number of para-hydroxylation sites is 1. The zero-order valence-corrected chi connectivity index (χ0v) is 13.9. The third-order valence-electron chi connectivity index (χ3n) is 4.16. The predicted molar refractivity (Wildman–Crippen MR) is 91.1 cm³/mol. The standard InChI is InChI=1S/C18H16N4O4/c23-17(12-25-14-5-2-1-3-6-14)21-9-4-10-22(21)18(24)13-7-8-15-16(11-13)20-26-19-15/h1-3,5-8,11H,4,9-10,12H2. The summed E-state index contributed by atoms with van der Waals surface area (Å²) in [6.07, 6.45) is 0.719. The van der Waals surface area contributed by atoms with Crippen LogP contribution in [0, 0.1) is 0 Å². The summed E-state index contributed by atoms with van der Waals surface area (Å²) in [4.78, 5) is 25.3. The van der Waals surface area contributed by atoms with Crippen LogP contribution in [0.25, 0.3) is 11.0 Å². The fourth-order valence-corrected chi connectivity index (χ4v) is 2.88. The van der Waals surface area contributed by atoms with Crippen molar-refractivity contribution in [1.82, 2.24) is 20.3 Å². The number of aromatic nitrogens is 2. The molecule has 8 heteroatoms. The number of hydrogen-bond donors (Lipinski definition) is 0. The van der Waals surface area contributed by atoms with E-state index < -0.39 is 0 Å². The molecule has 1 aliphatic heterocycles. The molecular formula is C18H16N4O4. The normalized spacial score (nSPS) is 14.0. The number of carbonyl (C=O) groups excluding carboxylic acids is 2. The molecule has 0 atom stereocenters. The summed E-state index contributed by atoms with van der Waals surface area (Å²) in [5, 5.41) is 10.4. The molecular weight excluding hydrogens is 336 g/mol. The monoisotopic (exact) mass is 352 g/mol. The average molecular weight is 352 g/mol. The lowest BCUT2D eigenvalue weighted by Gasteiger charge is -2.27. The van der Waals surface area contributed by atoms with E-state index >= 15 is 0 Å². The summed E-state index contributed by atoms with van der Waals surface area (Å²) in [6.45, 7) is 0.835. The predicted octanol–water partition coefficient (Wildman–Crippen LogP) is 1.89. The van der Waals surface area contributed by atoms with Gasteiger partial charge in [-0.1, -0.05) is 18.2 Å². The molecule has 0 unspecified atom stereocenters. The summed E-state index contributed by atoms with van der Waals surface area (Å²) < 4.78 is 10.2. The van der Waals surface area contributed by atoms with Gasteiger partial charge in [0.05, 0.1) is 0 Å². The van der Waals surface area contributed by atoms with E-state index in [1.165, 1.54) is 10.0 Å². The van der Waals surface area contributed by atoms with Gasteiger partial charge in [0.1, 0.15) is 16.8 Å². The minimum atomic E-state index is -0.263. The Morgan fingerprint density at radius 1 is 1.00 bits per heavy atom. The van der Waals surface area contributed by atoms with Crippen molar-refractivity contribution in [2.75, 3.05) is 19.7 Å². The molecule has 2 heterocycles. The van der Waals surface area contributed by atoms with Crippen LogP contribution in [0.15, 0.2) is 53.2 Å². The van der Waals surface area contributed by atoms with Crippen LogP contribution in [-0.2, 0) is 4.79 Å². The highest BCUT2D eigenvalue weighted by atomic mass is 16.6. The first-order valence-electron chi connectivity index (χ1n) is 8.25. The molecule has 2 aromatic carbocycles. The first-order valence-corrected chi connectivity index (χ1v) is 8.25. The van der Waals surface area contributed by atoms with E-state index in [2.05, 4.69) is 14.9 Å². The summed E-state index contributed by atoms with van der Waals surface area (Å²) >= 11 is 0. The molecule has 4 rings (SSSR count). The van der Waals surface area contributed by atoms with Crippen molar-refractivity contribution < 1.29 is 19.0 Å². The van der Waals surface area contributed by atoms with Crippen LogP contribution in [0.3, 0.4) is 0 Å². The Hall–Kier alpha value is -3.42. The van der Waals surface area contributed by atoms with Crippen molar-refractivity contribution in [3.05, 3.63) is 54.1 Å². The molecule has 1 fully saturated rings. The number of hydrazine groups is 1. The van der Waals surface area contributed by atoms with E-state index in [-0.39, 0.29) is 18.4 Å². The van der Waals surface area contributed by atoms with Crippen LogP contribution in [-0.4, -0.2) is 51.8 Å². The quantitative estimate of drug-likeness (QED) is 0.712. The van der Waals surface area contributed by atoms with Gasteiger partial charge in [0.25, 0.3) is 11.8 Å². The molecule has 0 saturated carbocycles. The lowest BCUT2D eigenvalue weighted by Crippen LogP contribution is -2.46. The highest BCUT2D eigenvalue weighted by Gasteiger charge is 2.31. The van der Waals surface area contributed by atoms with E-state index in [9.17, 15) is 9.59 Å². The maximum Gasteiger partial charge on any atom is 0.279 e. The van der Waals surface area contributed by atoms with E-state index in [1.807, 2.05) is 18.2 Å². The fourth-order valence-electron chi connectivity index (χ4n) is 2.88. The molecule has 2 amide bonds. The molecule has 0 radical (unpaired) electrons. The third kappa shape index (κ3) is 3.08. The second-order valence-corrected chi connectivity index (χ2v) is 5.87. The van der Waals surface area contributed by atoms with Crippen LogP contribution >= 0.6 is 0 Å². The van der Waals surface area contributed by atoms with E-state index in [1.54, 1.807) is 30.3 Å². The fraction of sp³-hybridized carbons (Fsp3) is 0.222. The Bertz CT molecular complexity index is 941.